The minimum Gasteiger partial charge on any atom is -0.271 e. The summed E-state index contributed by atoms with van der Waals surface area (Å²) in [6.07, 6.45) is 0. The van der Waals surface area contributed by atoms with Gasteiger partial charge < -0.3 is 0 Å². The molecule has 0 saturated carbocycles. The first-order chi connectivity index (χ1) is 10.1. The van der Waals surface area contributed by atoms with E-state index in [1.165, 1.54) is 0 Å². The molecule has 1 aromatic heterocycles. The normalized spacial score (nSPS) is 10.8. The molecule has 0 atom stereocenters. The molecule has 1 heterocycles. The van der Waals surface area contributed by atoms with E-state index in [0.717, 1.165) is 11.1 Å². The Labute approximate surface area is 131 Å². The number of H-pyrrole nitrogens is 1. The highest BCUT2D eigenvalue weighted by Gasteiger charge is 2.11. The van der Waals surface area contributed by atoms with E-state index in [0.29, 0.717) is 22.4 Å². The number of halogens is 2. The van der Waals surface area contributed by atoms with E-state index in [1.54, 1.807) is 28.8 Å². The molecule has 0 fully saturated rings. The van der Waals surface area contributed by atoms with Crippen LogP contribution >= 0.6 is 23.2 Å². The van der Waals surface area contributed by atoms with Gasteiger partial charge in [-0.15, -0.1) is 0 Å². The average molecular weight is 320 g/mol. The van der Waals surface area contributed by atoms with Crippen LogP contribution in [0.25, 0.3) is 11.4 Å². The van der Waals surface area contributed by atoms with Crippen LogP contribution < -0.4 is 5.69 Å². The van der Waals surface area contributed by atoms with E-state index in [1.807, 2.05) is 24.3 Å². The van der Waals surface area contributed by atoms with Crippen LogP contribution in [0.2, 0.25) is 10.0 Å². The predicted octanol–water partition coefficient (Wildman–Crippen LogP) is 3.59. The first-order valence-corrected chi connectivity index (χ1v) is 7.04. The van der Waals surface area contributed by atoms with Crippen molar-refractivity contribution in [2.45, 2.75) is 6.54 Å². The highest BCUT2D eigenvalue weighted by atomic mass is 35.5. The molecule has 0 bridgehead atoms. The Hall–Kier alpha value is -2.04. The summed E-state index contributed by atoms with van der Waals surface area (Å²) in [4.78, 5) is 11.9. The Balaban J connectivity index is 1.99. The summed E-state index contributed by atoms with van der Waals surface area (Å²) in [6.45, 7) is 0.421. The second kappa shape index (κ2) is 5.76. The highest BCUT2D eigenvalue weighted by Crippen LogP contribution is 2.19. The fraction of sp³-hybridized carbons (Fsp3) is 0.0667. The number of aromatic nitrogens is 3. The third-order valence-electron chi connectivity index (χ3n) is 3.11. The quantitative estimate of drug-likeness (QED) is 0.802. The maximum atomic E-state index is 11.9. The summed E-state index contributed by atoms with van der Waals surface area (Å²) in [5.41, 5.74) is 1.54. The van der Waals surface area contributed by atoms with Gasteiger partial charge in [-0.2, -0.15) is 5.10 Å². The van der Waals surface area contributed by atoms with Crippen LogP contribution in [0.5, 0.6) is 0 Å². The van der Waals surface area contributed by atoms with Gasteiger partial charge in [0.05, 0.1) is 6.54 Å². The van der Waals surface area contributed by atoms with Crippen molar-refractivity contribution in [2.24, 2.45) is 0 Å². The van der Waals surface area contributed by atoms with Gasteiger partial charge in [0.2, 0.25) is 0 Å². The molecule has 4 nitrogen and oxygen atoms in total. The lowest BCUT2D eigenvalue weighted by Gasteiger charge is -2.06. The van der Waals surface area contributed by atoms with Crippen LogP contribution in [0.3, 0.4) is 0 Å². The minimum atomic E-state index is -0.255. The van der Waals surface area contributed by atoms with E-state index in [2.05, 4.69) is 10.2 Å². The molecule has 0 amide bonds. The van der Waals surface area contributed by atoms with Crippen molar-refractivity contribution >= 4 is 23.2 Å². The maximum Gasteiger partial charge on any atom is 0.343 e. The number of hydrogen-bond donors (Lipinski definition) is 1. The third-order valence-corrected chi connectivity index (χ3v) is 3.62. The molecule has 0 saturated heterocycles. The number of benzene rings is 2. The van der Waals surface area contributed by atoms with Gasteiger partial charge in [-0.3, -0.25) is 4.57 Å². The van der Waals surface area contributed by atoms with Crippen LogP contribution in [0.4, 0.5) is 0 Å². The third kappa shape index (κ3) is 3.01. The molecule has 0 aliphatic carbocycles. The molecule has 21 heavy (non-hydrogen) atoms. The minimum absolute atomic E-state index is 0.255. The number of hydrogen-bond acceptors (Lipinski definition) is 2. The summed E-state index contributed by atoms with van der Waals surface area (Å²) >= 11 is 11.7. The first kappa shape index (κ1) is 13.9. The van der Waals surface area contributed by atoms with Crippen molar-refractivity contribution in [1.82, 2.24) is 14.8 Å². The van der Waals surface area contributed by atoms with Crippen LogP contribution in [0, 0.1) is 0 Å². The standard InChI is InChI=1S/C15H11Cl2N3O/c16-12-5-1-10(2-6-12)9-20-14(18-19-15(20)21)11-3-7-13(17)8-4-11/h1-8H,9H2,(H,19,21). The van der Waals surface area contributed by atoms with Gasteiger partial charge in [-0.1, -0.05) is 35.3 Å². The van der Waals surface area contributed by atoms with E-state index < -0.39 is 0 Å². The predicted molar refractivity (Wildman–Crippen MR) is 83.8 cm³/mol. The van der Waals surface area contributed by atoms with Crippen molar-refractivity contribution in [1.29, 1.82) is 0 Å². The molecule has 3 rings (SSSR count). The Morgan fingerprint density at radius 1 is 0.952 bits per heavy atom. The smallest absolute Gasteiger partial charge is 0.271 e. The van der Waals surface area contributed by atoms with Gasteiger partial charge in [-0.25, -0.2) is 9.89 Å². The monoisotopic (exact) mass is 319 g/mol. The molecule has 0 aliphatic heterocycles. The van der Waals surface area contributed by atoms with Crippen molar-refractivity contribution in [3.8, 4) is 11.4 Å². The molecule has 3 aromatic rings. The molecule has 1 N–H and O–H groups in total. The fourth-order valence-corrected chi connectivity index (χ4v) is 2.31. The second-order valence-corrected chi connectivity index (χ2v) is 5.44. The molecule has 6 heteroatoms. The Morgan fingerprint density at radius 2 is 1.52 bits per heavy atom. The zero-order valence-electron chi connectivity index (χ0n) is 10.9. The van der Waals surface area contributed by atoms with Crippen LogP contribution in [-0.2, 0) is 6.54 Å². The topological polar surface area (TPSA) is 50.7 Å². The van der Waals surface area contributed by atoms with Gasteiger partial charge in [0, 0.05) is 15.6 Å². The first-order valence-electron chi connectivity index (χ1n) is 6.29. The Morgan fingerprint density at radius 3 is 2.14 bits per heavy atom. The molecule has 0 unspecified atom stereocenters. The highest BCUT2D eigenvalue weighted by molar-refractivity contribution is 6.30. The molecular formula is C15H11Cl2N3O. The lowest BCUT2D eigenvalue weighted by molar-refractivity contribution is 0.769. The molecule has 0 radical (unpaired) electrons. The molecule has 0 aliphatic rings. The van der Waals surface area contributed by atoms with Gasteiger partial charge in [0.1, 0.15) is 0 Å². The lowest BCUT2D eigenvalue weighted by Crippen LogP contribution is -2.18. The van der Waals surface area contributed by atoms with E-state index >= 15 is 0 Å². The number of aromatic amines is 1. The van der Waals surface area contributed by atoms with E-state index in [9.17, 15) is 4.79 Å². The van der Waals surface area contributed by atoms with Crippen molar-refractivity contribution in [3.63, 3.8) is 0 Å². The second-order valence-electron chi connectivity index (χ2n) is 4.57. The zero-order chi connectivity index (χ0) is 14.8. The van der Waals surface area contributed by atoms with Crippen molar-refractivity contribution in [2.75, 3.05) is 0 Å². The summed E-state index contributed by atoms with van der Waals surface area (Å²) in [6, 6.07) is 14.5. The summed E-state index contributed by atoms with van der Waals surface area (Å²) in [5.74, 6) is 0.576. The zero-order valence-corrected chi connectivity index (χ0v) is 12.4. The SMILES string of the molecule is O=c1[nH]nc(-c2ccc(Cl)cc2)n1Cc1ccc(Cl)cc1. The van der Waals surface area contributed by atoms with E-state index in [-0.39, 0.29) is 5.69 Å². The average Bonchev–Trinajstić information content (AvgIpc) is 2.84. The van der Waals surface area contributed by atoms with Gasteiger partial charge in [0.25, 0.3) is 0 Å². The molecule has 0 spiro atoms. The Kier molecular flexibility index (Phi) is 3.82. The van der Waals surface area contributed by atoms with Crippen molar-refractivity contribution < 1.29 is 0 Å². The molecule has 106 valence electrons. The van der Waals surface area contributed by atoms with Gasteiger partial charge in [0.15, 0.2) is 5.82 Å². The van der Waals surface area contributed by atoms with Gasteiger partial charge in [-0.05, 0) is 42.0 Å². The largest absolute Gasteiger partial charge is 0.343 e. The lowest BCUT2D eigenvalue weighted by atomic mass is 10.2. The van der Waals surface area contributed by atoms with Crippen LogP contribution in [0.1, 0.15) is 5.56 Å². The summed E-state index contributed by atoms with van der Waals surface area (Å²) in [5, 5.41) is 7.87. The molecular weight excluding hydrogens is 309 g/mol. The summed E-state index contributed by atoms with van der Waals surface area (Å²) < 4.78 is 1.58. The summed E-state index contributed by atoms with van der Waals surface area (Å²) in [7, 11) is 0. The number of nitrogens with one attached hydrogen (secondary N) is 1. The van der Waals surface area contributed by atoms with Crippen LogP contribution in [-0.4, -0.2) is 14.8 Å². The number of nitrogens with zero attached hydrogens (tertiary/aromatic N) is 2. The Bertz CT molecular complexity index is 804. The maximum absolute atomic E-state index is 11.9. The van der Waals surface area contributed by atoms with Gasteiger partial charge >= 0.3 is 5.69 Å². The van der Waals surface area contributed by atoms with Crippen molar-refractivity contribution in [3.05, 3.63) is 74.6 Å². The fourth-order valence-electron chi connectivity index (χ4n) is 2.06. The number of rotatable bonds is 3. The van der Waals surface area contributed by atoms with Crippen LogP contribution in [0.15, 0.2) is 53.3 Å². The molecule has 2 aromatic carbocycles. The van der Waals surface area contributed by atoms with E-state index in [4.69, 9.17) is 23.2 Å².